The third-order valence-electron chi connectivity index (χ3n) is 5.51. The lowest BCUT2D eigenvalue weighted by molar-refractivity contribution is -0.123. The van der Waals surface area contributed by atoms with Crippen LogP contribution in [0.15, 0.2) is 27.5 Å². The molecule has 1 aromatic heterocycles. The third kappa shape index (κ3) is 5.15. The van der Waals surface area contributed by atoms with Crippen molar-refractivity contribution in [2.24, 2.45) is 5.92 Å². The van der Waals surface area contributed by atoms with E-state index in [0.29, 0.717) is 26.1 Å². The molecule has 1 saturated heterocycles. The summed E-state index contributed by atoms with van der Waals surface area (Å²) in [5, 5.41) is 4.66. The van der Waals surface area contributed by atoms with E-state index in [-0.39, 0.29) is 22.6 Å². The van der Waals surface area contributed by atoms with Crippen molar-refractivity contribution in [2.45, 2.75) is 38.5 Å². The van der Waals surface area contributed by atoms with Crippen molar-refractivity contribution < 1.29 is 27.6 Å². The van der Waals surface area contributed by atoms with Crippen molar-refractivity contribution in [1.82, 2.24) is 10.1 Å². The quantitative estimate of drug-likeness (QED) is 0.635. The predicted octanol–water partition coefficient (Wildman–Crippen LogP) is 2.30. The molecule has 32 heavy (non-hydrogen) atoms. The number of hydrogen-bond acceptors (Lipinski definition) is 5. The van der Waals surface area contributed by atoms with Gasteiger partial charge in [-0.2, -0.15) is 5.16 Å². The highest BCUT2D eigenvalue weighted by Crippen LogP contribution is 2.25. The predicted molar refractivity (Wildman–Crippen MR) is 117 cm³/mol. The van der Waals surface area contributed by atoms with Crippen molar-refractivity contribution in [3.8, 4) is 0 Å². The summed E-state index contributed by atoms with van der Waals surface area (Å²) in [5.74, 6) is -3.16. The Kier molecular flexibility index (Phi) is 6.99. The van der Waals surface area contributed by atoms with Gasteiger partial charge in [0, 0.05) is 31.1 Å². The average Bonchev–Trinajstić information content (AvgIpc) is 3.13. The molecule has 174 valence electrons. The van der Waals surface area contributed by atoms with Gasteiger partial charge in [-0.25, -0.2) is 8.78 Å². The maximum atomic E-state index is 14.6. The Morgan fingerprint density at radius 1 is 1.16 bits per heavy atom. The highest BCUT2D eigenvalue weighted by Gasteiger charge is 2.37. The number of anilines is 1. The van der Waals surface area contributed by atoms with E-state index in [0.717, 1.165) is 18.2 Å². The van der Waals surface area contributed by atoms with E-state index in [9.17, 15) is 23.2 Å². The number of ether oxygens (including phenoxy) is 1. The topological polar surface area (TPSA) is 105 Å². The van der Waals surface area contributed by atoms with Gasteiger partial charge in [-0.15, -0.1) is 0 Å². The van der Waals surface area contributed by atoms with Crippen LogP contribution in [0.4, 0.5) is 14.5 Å². The standard InChI is InChI=1S/C21H27F2N3O5Si/c1-26(21(29)16-11-17(27)25-31-16)18(12-5-7-30-8-6-12)20(28)24-13-9-14(22)19(15(23)10-13)32(2,3)4/h9-12,18H,5-8H2,1-4H3,(H,24,28)(H,25,27)/t18-/m1/s1. The second-order valence-electron chi connectivity index (χ2n) is 8.94. The van der Waals surface area contributed by atoms with Crippen LogP contribution in [0.1, 0.15) is 23.4 Å². The molecule has 0 spiro atoms. The van der Waals surface area contributed by atoms with E-state index < -0.39 is 43.1 Å². The normalized spacial score (nSPS) is 15.9. The van der Waals surface area contributed by atoms with Crippen molar-refractivity contribution in [3.05, 3.63) is 45.9 Å². The molecule has 3 rings (SSSR count). The molecule has 0 unspecified atom stereocenters. The van der Waals surface area contributed by atoms with Crippen molar-refractivity contribution in [2.75, 3.05) is 25.6 Å². The number of amides is 2. The minimum atomic E-state index is -2.27. The number of halogens is 2. The lowest BCUT2D eigenvalue weighted by atomic mass is 9.90. The number of nitrogens with one attached hydrogen (secondary N) is 2. The summed E-state index contributed by atoms with van der Waals surface area (Å²) >= 11 is 0. The van der Waals surface area contributed by atoms with Crippen LogP contribution in [-0.2, 0) is 9.53 Å². The zero-order chi connectivity index (χ0) is 23.6. The SMILES string of the molecule is CN(C(=O)c1cc(=O)[nH]o1)[C@@H](C(=O)Nc1cc(F)c([Si](C)(C)C)c(F)c1)C1CCOCC1. The zero-order valence-electron chi connectivity index (χ0n) is 18.5. The number of benzene rings is 1. The van der Waals surface area contributed by atoms with Crippen molar-refractivity contribution in [1.29, 1.82) is 0 Å². The maximum absolute atomic E-state index is 14.6. The van der Waals surface area contributed by atoms with E-state index >= 15 is 0 Å². The van der Waals surface area contributed by atoms with Crippen LogP contribution < -0.4 is 16.1 Å². The Bertz CT molecular complexity index is 1030. The molecule has 0 bridgehead atoms. The zero-order valence-corrected chi connectivity index (χ0v) is 19.5. The van der Waals surface area contributed by atoms with Gasteiger partial charge in [0.1, 0.15) is 17.7 Å². The second-order valence-corrected chi connectivity index (χ2v) is 13.9. The van der Waals surface area contributed by atoms with Gasteiger partial charge in [0.2, 0.25) is 11.7 Å². The molecule has 2 amide bonds. The Morgan fingerprint density at radius 2 is 1.75 bits per heavy atom. The molecule has 2 heterocycles. The molecule has 1 atom stereocenters. The first-order valence-corrected chi connectivity index (χ1v) is 13.8. The minimum Gasteiger partial charge on any atom is -0.381 e. The summed E-state index contributed by atoms with van der Waals surface area (Å²) in [7, 11) is -0.849. The fourth-order valence-corrected chi connectivity index (χ4v) is 5.58. The van der Waals surface area contributed by atoms with Crippen LogP contribution in [0.5, 0.6) is 0 Å². The lowest BCUT2D eigenvalue weighted by Gasteiger charge is -2.35. The molecule has 1 aromatic carbocycles. The Balaban J connectivity index is 1.89. The van der Waals surface area contributed by atoms with Crippen LogP contribution in [0.25, 0.3) is 0 Å². The summed E-state index contributed by atoms with van der Waals surface area (Å²) < 4.78 is 39.5. The Labute approximate surface area is 184 Å². The second kappa shape index (κ2) is 9.37. The number of likely N-dealkylation sites (N-methyl/N-ethyl adjacent to an activating group) is 1. The van der Waals surface area contributed by atoms with E-state index in [1.165, 1.54) is 11.9 Å². The summed E-state index contributed by atoms with van der Waals surface area (Å²) in [6.45, 7) is 6.32. The van der Waals surface area contributed by atoms with Crippen molar-refractivity contribution in [3.63, 3.8) is 0 Å². The number of H-pyrrole nitrogens is 1. The fraction of sp³-hybridized carbons (Fsp3) is 0.476. The fourth-order valence-electron chi connectivity index (χ4n) is 4.00. The lowest BCUT2D eigenvalue weighted by Crippen LogP contribution is -2.50. The van der Waals surface area contributed by atoms with E-state index in [1.54, 1.807) is 0 Å². The van der Waals surface area contributed by atoms with Crippen LogP contribution in [0.3, 0.4) is 0 Å². The molecule has 1 aliphatic rings. The molecule has 8 nitrogen and oxygen atoms in total. The monoisotopic (exact) mass is 467 g/mol. The number of hydrogen-bond donors (Lipinski definition) is 2. The van der Waals surface area contributed by atoms with Gasteiger partial charge in [-0.05, 0) is 30.9 Å². The summed E-state index contributed by atoms with van der Waals surface area (Å²) in [4.78, 5) is 38.5. The first kappa shape index (κ1) is 23.9. The largest absolute Gasteiger partial charge is 0.381 e. The number of aromatic amines is 1. The van der Waals surface area contributed by atoms with Gasteiger partial charge in [0.15, 0.2) is 0 Å². The van der Waals surface area contributed by atoms with Crippen LogP contribution in [0, 0.1) is 17.6 Å². The van der Waals surface area contributed by atoms with Crippen LogP contribution in [0.2, 0.25) is 19.6 Å². The number of carbonyl (C=O) groups excluding carboxylic acids is 2. The Morgan fingerprint density at radius 3 is 2.25 bits per heavy atom. The molecule has 1 fully saturated rings. The van der Waals surface area contributed by atoms with Gasteiger partial charge in [-0.3, -0.25) is 14.4 Å². The number of nitrogens with zero attached hydrogens (tertiary/aromatic N) is 1. The van der Waals surface area contributed by atoms with Gasteiger partial charge in [0.05, 0.1) is 14.1 Å². The summed E-state index contributed by atoms with van der Waals surface area (Å²) in [6, 6.07) is 2.23. The van der Waals surface area contributed by atoms with Gasteiger partial charge >= 0.3 is 0 Å². The smallest absolute Gasteiger partial charge is 0.292 e. The van der Waals surface area contributed by atoms with E-state index in [4.69, 9.17) is 9.26 Å². The van der Waals surface area contributed by atoms with Gasteiger partial charge < -0.3 is 19.5 Å². The molecule has 0 radical (unpaired) electrons. The molecule has 0 saturated carbocycles. The van der Waals surface area contributed by atoms with Gasteiger partial charge in [-0.1, -0.05) is 19.6 Å². The first-order chi connectivity index (χ1) is 15.0. The average molecular weight is 468 g/mol. The van der Waals surface area contributed by atoms with E-state index in [2.05, 4.69) is 5.32 Å². The van der Waals surface area contributed by atoms with Crippen LogP contribution in [-0.4, -0.2) is 56.2 Å². The van der Waals surface area contributed by atoms with Crippen LogP contribution >= 0.6 is 0 Å². The minimum absolute atomic E-state index is 0.0296. The first-order valence-electron chi connectivity index (χ1n) is 10.3. The number of rotatable bonds is 6. The highest BCUT2D eigenvalue weighted by atomic mass is 28.3. The third-order valence-corrected chi connectivity index (χ3v) is 7.49. The Hall–Kier alpha value is -2.79. The summed E-state index contributed by atoms with van der Waals surface area (Å²) in [5.41, 5.74) is -0.611. The molecular formula is C21H27F2N3O5Si. The molecule has 11 heteroatoms. The van der Waals surface area contributed by atoms with Gasteiger partial charge in [0.25, 0.3) is 11.5 Å². The molecule has 0 aliphatic carbocycles. The maximum Gasteiger partial charge on any atom is 0.292 e. The molecule has 2 N–H and O–H groups in total. The molecular weight excluding hydrogens is 440 g/mol. The molecule has 1 aliphatic heterocycles. The summed E-state index contributed by atoms with van der Waals surface area (Å²) in [6.07, 6.45) is 1.04. The van der Waals surface area contributed by atoms with Crippen molar-refractivity contribution >= 4 is 30.8 Å². The van der Waals surface area contributed by atoms with E-state index in [1.807, 2.05) is 24.8 Å². The highest BCUT2D eigenvalue weighted by molar-refractivity contribution is 6.88. The molecule has 2 aromatic rings. The number of carbonyl (C=O) groups is 2. The number of aromatic nitrogens is 1.